The Morgan fingerprint density at radius 3 is 2.42 bits per heavy atom. The molecular weight excluding hydrogens is 400 g/mol. The fraction of sp³-hybridized carbons (Fsp3) is 0.258. The van der Waals surface area contributed by atoms with E-state index in [0.717, 1.165) is 45.5 Å². The Hall–Kier alpha value is -3.39. The predicted molar refractivity (Wildman–Crippen MR) is 149 cm³/mol. The van der Waals surface area contributed by atoms with E-state index in [1.807, 2.05) is 32.1 Å². The van der Waals surface area contributed by atoms with Crippen molar-refractivity contribution in [1.82, 2.24) is 4.98 Å². The van der Waals surface area contributed by atoms with Crippen molar-refractivity contribution in [3.63, 3.8) is 0 Å². The molecule has 33 heavy (non-hydrogen) atoms. The van der Waals surface area contributed by atoms with E-state index in [0.29, 0.717) is 5.92 Å². The molecule has 4 rings (SSSR count). The van der Waals surface area contributed by atoms with Crippen molar-refractivity contribution in [3.8, 4) is 0 Å². The van der Waals surface area contributed by atoms with E-state index in [9.17, 15) is 0 Å². The van der Waals surface area contributed by atoms with Crippen molar-refractivity contribution in [1.29, 1.82) is 0 Å². The second-order valence-electron chi connectivity index (χ2n) is 8.41. The fourth-order valence-corrected chi connectivity index (χ4v) is 4.36. The first-order chi connectivity index (χ1) is 16.0. The highest BCUT2D eigenvalue weighted by molar-refractivity contribution is 6.04. The largest absolute Gasteiger partial charge is 0.354 e. The van der Waals surface area contributed by atoms with E-state index in [1.54, 1.807) is 0 Å². The molecule has 0 fully saturated rings. The molecule has 0 saturated carbocycles. The lowest BCUT2D eigenvalue weighted by atomic mass is 9.93. The van der Waals surface area contributed by atoms with Crippen LogP contribution in [0.3, 0.4) is 0 Å². The van der Waals surface area contributed by atoms with Crippen molar-refractivity contribution in [2.24, 2.45) is 16.8 Å². The highest BCUT2D eigenvalue weighted by Gasteiger charge is 2.19. The van der Waals surface area contributed by atoms with E-state index in [2.05, 4.69) is 88.0 Å². The van der Waals surface area contributed by atoms with Crippen LogP contribution in [0.25, 0.3) is 28.1 Å². The molecule has 1 aliphatic heterocycles. The van der Waals surface area contributed by atoms with Crippen LogP contribution in [0.15, 0.2) is 85.0 Å². The van der Waals surface area contributed by atoms with Crippen LogP contribution < -0.4 is 0 Å². The normalized spacial score (nSPS) is 21.5. The minimum absolute atomic E-state index is 0.176. The molecule has 0 amide bonds. The molecule has 2 heteroatoms. The summed E-state index contributed by atoms with van der Waals surface area (Å²) in [7, 11) is 0. The number of fused-ring (bicyclic) bond motifs is 2. The zero-order valence-corrected chi connectivity index (χ0v) is 20.7. The predicted octanol–water partition coefficient (Wildman–Crippen LogP) is 9.24. The average molecular weight is 437 g/mol. The third kappa shape index (κ3) is 4.71. The lowest BCUT2D eigenvalue weighted by Gasteiger charge is -2.17. The molecule has 1 aromatic heterocycles. The zero-order chi connectivity index (χ0) is 24.1. The Balaban J connectivity index is 0.00000149. The summed E-state index contributed by atoms with van der Waals surface area (Å²) in [5.41, 5.74) is 10.1. The molecule has 2 atom stereocenters. The number of nitrogens with zero attached hydrogens (tertiary/aromatic N) is 1. The highest BCUT2D eigenvalue weighted by Crippen LogP contribution is 2.39. The first-order valence-corrected chi connectivity index (χ1v) is 11.9. The first-order valence-electron chi connectivity index (χ1n) is 11.9. The van der Waals surface area contributed by atoms with Gasteiger partial charge in [-0.2, -0.15) is 0 Å². The summed E-state index contributed by atoms with van der Waals surface area (Å²) in [6.45, 7) is 22.6. The summed E-state index contributed by atoms with van der Waals surface area (Å²) < 4.78 is 0. The molecule has 1 aliphatic carbocycles. The zero-order valence-electron chi connectivity index (χ0n) is 20.7. The summed E-state index contributed by atoms with van der Waals surface area (Å²) in [6, 6.07) is 4.41. The van der Waals surface area contributed by atoms with Gasteiger partial charge in [-0.05, 0) is 55.5 Å². The third-order valence-corrected chi connectivity index (χ3v) is 6.30. The number of allylic oxidation sites excluding steroid dienone is 10. The van der Waals surface area contributed by atoms with Gasteiger partial charge in [0.15, 0.2) is 0 Å². The van der Waals surface area contributed by atoms with Gasteiger partial charge in [-0.25, -0.2) is 0 Å². The molecule has 1 N–H and O–H groups in total. The minimum atomic E-state index is 0.176. The van der Waals surface area contributed by atoms with Gasteiger partial charge < -0.3 is 4.98 Å². The lowest BCUT2D eigenvalue weighted by Crippen LogP contribution is -2.09. The Bertz CT molecular complexity index is 1240. The van der Waals surface area contributed by atoms with E-state index < -0.39 is 0 Å². The van der Waals surface area contributed by atoms with Crippen molar-refractivity contribution >= 4 is 39.5 Å². The second kappa shape index (κ2) is 10.5. The molecule has 2 aromatic rings. The van der Waals surface area contributed by atoms with Crippen LogP contribution >= 0.6 is 0 Å². The topological polar surface area (TPSA) is 28.1 Å². The van der Waals surface area contributed by atoms with Gasteiger partial charge in [0, 0.05) is 39.2 Å². The number of hydrogen-bond donors (Lipinski definition) is 1. The second-order valence-corrected chi connectivity index (χ2v) is 8.41. The molecule has 1 aromatic carbocycles. The monoisotopic (exact) mass is 436 g/mol. The van der Waals surface area contributed by atoms with Crippen LogP contribution in [-0.2, 0) is 0 Å². The van der Waals surface area contributed by atoms with Gasteiger partial charge in [0.1, 0.15) is 0 Å². The van der Waals surface area contributed by atoms with Gasteiger partial charge in [0.05, 0.1) is 11.4 Å². The molecule has 0 spiro atoms. The molecular formula is C31H36N2. The highest BCUT2D eigenvalue weighted by atomic mass is 14.8. The Labute approximate surface area is 199 Å². The SMILES string of the molecule is C=CC1=Nc2cc3c(C=C)c(C4=C(C)C=CC(C)C=C4)[nH]c3cc2/C(C)=C/CC1C=C.CC. The van der Waals surface area contributed by atoms with Crippen molar-refractivity contribution in [2.45, 2.75) is 41.0 Å². The molecule has 2 nitrogen and oxygen atoms in total. The van der Waals surface area contributed by atoms with Gasteiger partial charge >= 0.3 is 0 Å². The number of nitrogens with one attached hydrogen (secondary N) is 1. The number of aromatic nitrogens is 1. The molecule has 0 radical (unpaired) electrons. The van der Waals surface area contributed by atoms with Crippen molar-refractivity contribution in [2.75, 3.05) is 0 Å². The maximum Gasteiger partial charge on any atom is 0.0715 e. The van der Waals surface area contributed by atoms with E-state index >= 15 is 0 Å². The smallest absolute Gasteiger partial charge is 0.0715 e. The Kier molecular flexibility index (Phi) is 7.71. The Morgan fingerprint density at radius 1 is 1.03 bits per heavy atom. The number of benzene rings is 1. The van der Waals surface area contributed by atoms with Crippen LogP contribution in [0.5, 0.6) is 0 Å². The maximum atomic E-state index is 5.01. The van der Waals surface area contributed by atoms with Gasteiger partial charge in [-0.1, -0.05) is 76.5 Å². The van der Waals surface area contributed by atoms with E-state index in [-0.39, 0.29) is 5.92 Å². The summed E-state index contributed by atoms with van der Waals surface area (Å²) in [5.74, 6) is 0.593. The third-order valence-electron chi connectivity index (χ3n) is 6.30. The van der Waals surface area contributed by atoms with Gasteiger partial charge in [-0.15, -0.1) is 6.58 Å². The maximum absolute atomic E-state index is 5.01. The van der Waals surface area contributed by atoms with Crippen LogP contribution in [0.2, 0.25) is 0 Å². The van der Waals surface area contributed by atoms with E-state index in [1.165, 1.54) is 16.7 Å². The summed E-state index contributed by atoms with van der Waals surface area (Å²) in [5, 5.41) is 1.13. The van der Waals surface area contributed by atoms with Crippen LogP contribution in [-0.4, -0.2) is 10.7 Å². The first kappa shape index (κ1) is 24.3. The number of H-pyrrole nitrogens is 1. The number of aliphatic imine (C=N–C) groups is 1. The molecule has 2 heterocycles. The molecule has 0 saturated heterocycles. The van der Waals surface area contributed by atoms with Crippen molar-refractivity contribution < 1.29 is 0 Å². The van der Waals surface area contributed by atoms with Gasteiger partial charge in [-0.3, -0.25) is 4.99 Å². The molecule has 0 bridgehead atoms. The van der Waals surface area contributed by atoms with E-state index in [4.69, 9.17) is 4.99 Å². The van der Waals surface area contributed by atoms with Crippen LogP contribution in [0.1, 0.15) is 57.9 Å². The molecule has 2 unspecified atom stereocenters. The summed E-state index contributed by atoms with van der Waals surface area (Å²) >= 11 is 0. The molecule has 2 aliphatic rings. The van der Waals surface area contributed by atoms with Gasteiger partial charge in [0.25, 0.3) is 0 Å². The molecule has 170 valence electrons. The lowest BCUT2D eigenvalue weighted by molar-refractivity contribution is 0.884. The quantitative estimate of drug-likeness (QED) is 0.463. The average Bonchev–Trinajstić information content (AvgIpc) is 3.09. The van der Waals surface area contributed by atoms with Crippen LogP contribution in [0.4, 0.5) is 5.69 Å². The standard InChI is InChI=1S/C29H30N2.C2H6/c1-7-21-14-13-20(6)24-16-28-25(17-27(24)30-26(21)9-3)22(8-2)29(31-28)23-15-11-18(4)10-12-19(23)5;1-2/h7-13,15-18,21,31H,1-3,14H2,4-6H3;1-2H3/b20-13+,30-26?;. The number of aromatic amines is 1. The minimum Gasteiger partial charge on any atom is -0.354 e. The fourth-order valence-electron chi connectivity index (χ4n) is 4.36. The van der Waals surface area contributed by atoms with Crippen LogP contribution in [0, 0.1) is 11.8 Å². The summed E-state index contributed by atoms with van der Waals surface area (Å²) in [6.07, 6.45) is 17.8. The number of rotatable bonds is 4. The van der Waals surface area contributed by atoms with Gasteiger partial charge in [0.2, 0.25) is 0 Å². The Morgan fingerprint density at radius 2 is 1.76 bits per heavy atom. The number of hydrogen-bond acceptors (Lipinski definition) is 1. The van der Waals surface area contributed by atoms with Crippen molar-refractivity contribution in [3.05, 3.63) is 96.8 Å². The summed E-state index contributed by atoms with van der Waals surface area (Å²) in [4.78, 5) is 8.69.